The van der Waals surface area contributed by atoms with E-state index in [0.717, 1.165) is 97.8 Å². The number of ether oxygens (including phenoxy) is 1. The van der Waals surface area contributed by atoms with Gasteiger partial charge in [-0.3, -0.25) is 4.79 Å². The number of nitrogens with zero attached hydrogens (tertiary/aromatic N) is 4. The van der Waals surface area contributed by atoms with Crippen LogP contribution in [0.5, 0.6) is 5.75 Å². The van der Waals surface area contributed by atoms with E-state index in [2.05, 4.69) is 46.8 Å². The van der Waals surface area contributed by atoms with Crippen molar-refractivity contribution in [2.45, 2.75) is 78.4 Å². The molecule has 0 bridgehead atoms. The van der Waals surface area contributed by atoms with Gasteiger partial charge in [0.05, 0.1) is 11.0 Å². The number of fused-ring (bicyclic) bond motifs is 1. The minimum absolute atomic E-state index is 0.121. The highest BCUT2D eigenvalue weighted by Crippen LogP contribution is 2.27. The van der Waals surface area contributed by atoms with Gasteiger partial charge in [-0.05, 0) is 99.8 Å². The van der Waals surface area contributed by atoms with Crippen LogP contribution in [0.1, 0.15) is 81.1 Å². The number of aryl methyl sites for hydroxylation is 1. The van der Waals surface area contributed by atoms with E-state index in [0.29, 0.717) is 6.61 Å². The van der Waals surface area contributed by atoms with E-state index in [1.165, 1.54) is 32.4 Å². The summed E-state index contributed by atoms with van der Waals surface area (Å²) in [5.74, 6) is 1.75. The summed E-state index contributed by atoms with van der Waals surface area (Å²) in [4.78, 5) is 23.3. The lowest BCUT2D eigenvalue weighted by atomic mass is 10.1. The van der Waals surface area contributed by atoms with Gasteiger partial charge in [-0.25, -0.2) is 4.98 Å². The molecule has 4 aromatic rings. The molecule has 234 valence electrons. The molecule has 0 spiro atoms. The molecule has 1 N–H and O–H groups in total. The van der Waals surface area contributed by atoms with E-state index in [-0.39, 0.29) is 5.91 Å². The van der Waals surface area contributed by atoms with E-state index in [1.807, 2.05) is 59.5 Å². The van der Waals surface area contributed by atoms with Gasteiger partial charge in [-0.2, -0.15) is 0 Å². The minimum atomic E-state index is 0.121. The summed E-state index contributed by atoms with van der Waals surface area (Å²) >= 11 is 0. The molecule has 1 fully saturated rings. The summed E-state index contributed by atoms with van der Waals surface area (Å²) in [5.41, 5.74) is 4.74. The number of benzene rings is 3. The number of anilines is 2. The molecule has 1 saturated heterocycles. The Morgan fingerprint density at radius 1 is 0.864 bits per heavy atom. The summed E-state index contributed by atoms with van der Waals surface area (Å²) in [7, 11) is 0. The molecule has 44 heavy (non-hydrogen) atoms. The molecule has 0 radical (unpaired) electrons. The third kappa shape index (κ3) is 8.63. The first-order valence-electron chi connectivity index (χ1n) is 16.7. The van der Waals surface area contributed by atoms with Gasteiger partial charge in [0.2, 0.25) is 5.95 Å². The van der Waals surface area contributed by atoms with Crippen LogP contribution < -0.4 is 10.1 Å². The van der Waals surface area contributed by atoms with Crippen LogP contribution in [0.25, 0.3) is 11.0 Å². The fraction of sp³-hybridized carbons (Fsp3) is 0.459. The molecule has 7 heteroatoms. The van der Waals surface area contributed by atoms with Crippen molar-refractivity contribution in [1.29, 1.82) is 0 Å². The molecule has 0 unspecified atom stereocenters. The highest BCUT2D eigenvalue weighted by molar-refractivity contribution is 5.98. The van der Waals surface area contributed by atoms with E-state index < -0.39 is 0 Å². The third-order valence-corrected chi connectivity index (χ3v) is 8.51. The number of carbonyl (C=O) groups is 1. The lowest BCUT2D eigenvalue weighted by molar-refractivity contribution is 0.0751. The summed E-state index contributed by atoms with van der Waals surface area (Å²) < 4.78 is 8.26. The number of imidazole rings is 1. The van der Waals surface area contributed by atoms with Gasteiger partial charge in [0, 0.05) is 30.9 Å². The standard InChI is InChI=1S/C37H49N5O2/c1-3-5-25-41(26-6-4-2)36(43)31-16-21-34-35(28-31)42(27-13-24-40-22-11-8-12-23-40)37(39-34)38-32-17-19-33(20-18-32)44-29-30-14-9-7-10-15-30/h7,9-10,14-21,28H,3-6,8,11-13,22-27,29H2,1-2H3,(H,38,39). The first-order chi connectivity index (χ1) is 21.6. The lowest BCUT2D eigenvalue weighted by Gasteiger charge is -2.26. The average molecular weight is 596 g/mol. The van der Waals surface area contributed by atoms with Gasteiger partial charge in [0.25, 0.3) is 5.91 Å². The fourth-order valence-corrected chi connectivity index (χ4v) is 5.91. The molecule has 7 nitrogen and oxygen atoms in total. The van der Waals surface area contributed by atoms with Gasteiger partial charge in [-0.1, -0.05) is 63.4 Å². The van der Waals surface area contributed by atoms with Crippen molar-refractivity contribution in [3.8, 4) is 5.75 Å². The number of carbonyl (C=O) groups excluding carboxylic acids is 1. The van der Waals surface area contributed by atoms with Gasteiger partial charge >= 0.3 is 0 Å². The van der Waals surface area contributed by atoms with Crippen molar-refractivity contribution in [3.63, 3.8) is 0 Å². The van der Waals surface area contributed by atoms with Crippen LogP contribution >= 0.6 is 0 Å². The van der Waals surface area contributed by atoms with Crippen LogP contribution in [0.3, 0.4) is 0 Å². The van der Waals surface area contributed by atoms with Gasteiger partial charge < -0.3 is 24.4 Å². The number of piperidine rings is 1. The topological polar surface area (TPSA) is 62.6 Å². The molecule has 3 aromatic carbocycles. The number of amides is 1. The number of nitrogens with one attached hydrogen (secondary N) is 1. The molecular weight excluding hydrogens is 546 g/mol. The summed E-state index contributed by atoms with van der Waals surface area (Å²) in [5, 5.41) is 3.57. The third-order valence-electron chi connectivity index (χ3n) is 8.51. The van der Waals surface area contributed by atoms with Crippen molar-refractivity contribution < 1.29 is 9.53 Å². The second kappa shape index (κ2) is 16.3. The van der Waals surface area contributed by atoms with Crippen LogP contribution in [-0.4, -0.2) is 58.0 Å². The van der Waals surface area contributed by atoms with Crippen molar-refractivity contribution in [1.82, 2.24) is 19.4 Å². The quantitative estimate of drug-likeness (QED) is 0.141. The summed E-state index contributed by atoms with van der Waals surface area (Å²) in [6.07, 6.45) is 9.17. The Morgan fingerprint density at radius 3 is 2.30 bits per heavy atom. The van der Waals surface area contributed by atoms with Crippen molar-refractivity contribution in [2.75, 3.05) is 38.0 Å². The van der Waals surface area contributed by atoms with Crippen molar-refractivity contribution >= 4 is 28.6 Å². The summed E-state index contributed by atoms with van der Waals surface area (Å²) in [6, 6.07) is 24.3. The molecule has 0 atom stereocenters. The number of hydrogen-bond donors (Lipinski definition) is 1. The highest BCUT2D eigenvalue weighted by atomic mass is 16.5. The molecule has 1 aromatic heterocycles. The minimum Gasteiger partial charge on any atom is -0.489 e. The predicted octanol–water partition coefficient (Wildman–Crippen LogP) is 8.28. The van der Waals surface area contributed by atoms with Crippen LogP contribution in [-0.2, 0) is 13.2 Å². The van der Waals surface area contributed by atoms with E-state index in [4.69, 9.17) is 9.72 Å². The predicted molar refractivity (Wildman–Crippen MR) is 181 cm³/mol. The first-order valence-corrected chi connectivity index (χ1v) is 16.7. The number of rotatable bonds is 16. The largest absolute Gasteiger partial charge is 0.489 e. The molecule has 1 amide bonds. The molecule has 0 saturated carbocycles. The Kier molecular flexibility index (Phi) is 11.7. The molecule has 2 heterocycles. The second-order valence-corrected chi connectivity index (χ2v) is 12.0. The zero-order valence-corrected chi connectivity index (χ0v) is 26.6. The monoisotopic (exact) mass is 595 g/mol. The Hall–Kier alpha value is -3.84. The Morgan fingerprint density at radius 2 is 1.59 bits per heavy atom. The van der Waals surface area contributed by atoms with Crippen molar-refractivity contribution in [3.05, 3.63) is 83.9 Å². The zero-order chi connectivity index (χ0) is 30.6. The lowest BCUT2D eigenvalue weighted by Crippen LogP contribution is -2.33. The molecule has 0 aliphatic carbocycles. The zero-order valence-electron chi connectivity index (χ0n) is 26.6. The maximum absolute atomic E-state index is 13.7. The number of likely N-dealkylation sites (tertiary alicyclic amines) is 1. The SMILES string of the molecule is CCCCN(CCCC)C(=O)c1ccc2nc(Nc3ccc(OCc4ccccc4)cc3)n(CCCN3CCCCC3)c2c1. The van der Waals surface area contributed by atoms with Crippen LogP contribution in [0.2, 0.25) is 0 Å². The Labute approximate surface area is 263 Å². The smallest absolute Gasteiger partial charge is 0.253 e. The normalized spacial score (nSPS) is 13.7. The maximum atomic E-state index is 13.7. The summed E-state index contributed by atoms with van der Waals surface area (Å²) in [6.45, 7) is 10.8. The fourth-order valence-electron chi connectivity index (χ4n) is 5.91. The van der Waals surface area contributed by atoms with E-state index >= 15 is 0 Å². The molecule has 1 aliphatic rings. The van der Waals surface area contributed by atoms with Crippen LogP contribution in [0, 0.1) is 0 Å². The number of aromatic nitrogens is 2. The van der Waals surface area contributed by atoms with Crippen molar-refractivity contribution in [2.24, 2.45) is 0 Å². The maximum Gasteiger partial charge on any atom is 0.253 e. The van der Waals surface area contributed by atoms with Crippen LogP contribution in [0.4, 0.5) is 11.6 Å². The van der Waals surface area contributed by atoms with Gasteiger partial charge in [-0.15, -0.1) is 0 Å². The Bertz CT molecular complexity index is 1440. The van der Waals surface area contributed by atoms with E-state index in [1.54, 1.807) is 0 Å². The van der Waals surface area contributed by atoms with E-state index in [9.17, 15) is 4.79 Å². The average Bonchev–Trinajstić information content (AvgIpc) is 3.41. The first kappa shape index (κ1) is 31.6. The van der Waals surface area contributed by atoms with Gasteiger partial charge in [0.1, 0.15) is 12.4 Å². The molecule has 1 aliphatic heterocycles. The van der Waals surface area contributed by atoms with Gasteiger partial charge in [0.15, 0.2) is 0 Å². The Balaban J connectivity index is 1.35. The second-order valence-electron chi connectivity index (χ2n) is 12.0. The number of hydrogen-bond acceptors (Lipinski definition) is 5. The molecular formula is C37H49N5O2. The highest BCUT2D eigenvalue weighted by Gasteiger charge is 2.19. The molecule has 5 rings (SSSR count). The van der Waals surface area contributed by atoms with Crippen LogP contribution in [0.15, 0.2) is 72.8 Å². The number of unbranched alkanes of at least 4 members (excludes halogenated alkanes) is 2.